The molecule has 0 saturated carbocycles. The number of hydrogen-bond donors (Lipinski definition) is 2. The highest BCUT2D eigenvalue weighted by atomic mass is 16.5. The number of amides is 1. The molecular formula is C19H25N3O2. The molecule has 2 rings (SSSR count). The molecule has 1 heterocycles. The maximum atomic E-state index is 12.5. The number of carbonyl (C=O) groups is 1. The van der Waals surface area contributed by atoms with Gasteiger partial charge in [-0.1, -0.05) is 32.0 Å². The molecule has 24 heavy (non-hydrogen) atoms. The molecule has 1 aromatic heterocycles. The van der Waals surface area contributed by atoms with Crippen LogP contribution in [0.15, 0.2) is 36.5 Å². The van der Waals surface area contributed by atoms with Gasteiger partial charge in [0.1, 0.15) is 5.69 Å². The number of para-hydroxylation sites is 1. The molecule has 0 aliphatic carbocycles. The second kappa shape index (κ2) is 9.03. The van der Waals surface area contributed by atoms with Gasteiger partial charge in [-0.25, -0.2) is 4.98 Å². The van der Waals surface area contributed by atoms with Gasteiger partial charge in [0.25, 0.3) is 5.91 Å². The quantitative estimate of drug-likeness (QED) is 0.728. The van der Waals surface area contributed by atoms with Crippen molar-refractivity contribution in [3.8, 4) is 0 Å². The Hall–Kier alpha value is -2.40. The number of nitrogens with one attached hydrogen (secondary N) is 2. The van der Waals surface area contributed by atoms with E-state index in [0.717, 1.165) is 35.3 Å². The Balaban J connectivity index is 2.10. The number of ether oxygens (including phenoxy) is 1. The minimum absolute atomic E-state index is 0.186. The van der Waals surface area contributed by atoms with E-state index in [-0.39, 0.29) is 5.91 Å². The molecule has 128 valence electrons. The zero-order valence-electron chi connectivity index (χ0n) is 14.6. The van der Waals surface area contributed by atoms with Gasteiger partial charge in [0.2, 0.25) is 0 Å². The normalized spacial score (nSPS) is 10.5. The monoisotopic (exact) mass is 327 g/mol. The van der Waals surface area contributed by atoms with E-state index in [1.54, 1.807) is 19.4 Å². The average molecular weight is 327 g/mol. The Morgan fingerprint density at radius 2 is 1.83 bits per heavy atom. The third-order valence-corrected chi connectivity index (χ3v) is 3.87. The van der Waals surface area contributed by atoms with Crippen molar-refractivity contribution in [3.63, 3.8) is 0 Å². The number of methoxy groups -OCH3 is 1. The summed E-state index contributed by atoms with van der Waals surface area (Å²) in [6.07, 6.45) is 3.41. The number of benzene rings is 1. The van der Waals surface area contributed by atoms with Gasteiger partial charge in [-0.15, -0.1) is 0 Å². The van der Waals surface area contributed by atoms with Crippen LogP contribution < -0.4 is 10.6 Å². The number of rotatable bonds is 8. The summed E-state index contributed by atoms with van der Waals surface area (Å²) in [7, 11) is 1.66. The summed E-state index contributed by atoms with van der Waals surface area (Å²) in [4.78, 5) is 16.8. The summed E-state index contributed by atoms with van der Waals surface area (Å²) in [6, 6.07) is 9.71. The topological polar surface area (TPSA) is 63.2 Å². The van der Waals surface area contributed by atoms with E-state index in [1.165, 1.54) is 0 Å². The van der Waals surface area contributed by atoms with E-state index in [1.807, 2.05) is 24.3 Å². The highest BCUT2D eigenvalue weighted by Crippen LogP contribution is 2.23. The Morgan fingerprint density at radius 1 is 1.12 bits per heavy atom. The molecule has 5 heteroatoms. The summed E-state index contributed by atoms with van der Waals surface area (Å²) in [5.41, 5.74) is 4.46. The molecule has 0 saturated heterocycles. The molecule has 0 aliphatic heterocycles. The third-order valence-electron chi connectivity index (χ3n) is 3.87. The SMILES string of the molecule is CCc1cccc(CC)c1NC(=O)c1ccc(NCCOC)cn1. The van der Waals surface area contributed by atoms with Gasteiger partial charge in [0.05, 0.1) is 18.5 Å². The van der Waals surface area contributed by atoms with Crippen LogP contribution in [0.4, 0.5) is 11.4 Å². The molecule has 5 nitrogen and oxygen atoms in total. The standard InChI is InChI=1S/C19H25N3O2/c1-4-14-7-6-8-15(5-2)18(14)22-19(23)17-10-9-16(13-21-17)20-11-12-24-3/h6-10,13,20H,4-5,11-12H2,1-3H3,(H,22,23). The Kier molecular flexibility index (Phi) is 6.75. The zero-order valence-corrected chi connectivity index (χ0v) is 14.6. The number of pyridine rings is 1. The van der Waals surface area contributed by atoms with Gasteiger partial charge < -0.3 is 15.4 Å². The predicted octanol–water partition coefficient (Wildman–Crippen LogP) is 3.52. The molecule has 0 fully saturated rings. The summed E-state index contributed by atoms with van der Waals surface area (Å²) >= 11 is 0. The molecule has 0 unspecified atom stereocenters. The van der Waals surface area contributed by atoms with Gasteiger partial charge in [0, 0.05) is 19.3 Å². The molecule has 0 spiro atoms. The number of aromatic nitrogens is 1. The first-order valence-electron chi connectivity index (χ1n) is 8.30. The first-order chi connectivity index (χ1) is 11.7. The summed E-state index contributed by atoms with van der Waals surface area (Å²) in [5, 5.41) is 6.21. The summed E-state index contributed by atoms with van der Waals surface area (Å²) in [6.45, 7) is 5.50. The van der Waals surface area contributed by atoms with E-state index >= 15 is 0 Å². The lowest BCUT2D eigenvalue weighted by molar-refractivity contribution is 0.102. The van der Waals surface area contributed by atoms with Crippen LogP contribution in [0.3, 0.4) is 0 Å². The van der Waals surface area contributed by atoms with Gasteiger partial charge in [-0.3, -0.25) is 4.79 Å². The van der Waals surface area contributed by atoms with E-state index in [4.69, 9.17) is 4.74 Å². The van der Waals surface area contributed by atoms with E-state index < -0.39 is 0 Å². The van der Waals surface area contributed by atoms with Crippen molar-refractivity contribution in [1.82, 2.24) is 4.98 Å². The van der Waals surface area contributed by atoms with Crippen LogP contribution in [0, 0.1) is 0 Å². The van der Waals surface area contributed by atoms with Crippen molar-refractivity contribution in [2.24, 2.45) is 0 Å². The molecule has 2 aromatic rings. The Labute approximate surface area is 143 Å². The van der Waals surface area contributed by atoms with Crippen LogP contribution in [-0.2, 0) is 17.6 Å². The predicted molar refractivity (Wildman–Crippen MR) is 97.8 cm³/mol. The molecule has 2 N–H and O–H groups in total. The van der Waals surface area contributed by atoms with Crippen LogP contribution in [-0.4, -0.2) is 31.2 Å². The molecule has 0 atom stereocenters. The number of nitrogens with zero attached hydrogens (tertiary/aromatic N) is 1. The summed E-state index contributed by atoms with van der Waals surface area (Å²) < 4.78 is 4.99. The molecule has 1 amide bonds. The van der Waals surface area contributed by atoms with Crippen LogP contribution in [0.2, 0.25) is 0 Å². The minimum Gasteiger partial charge on any atom is -0.383 e. The maximum absolute atomic E-state index is 12.5. The highest BCUT2D eigenvalue weighted by molar-refractivity contribution is 6.03. The van der Waals surface area contributed by atoms with E-state index in [9.17, 15) is 4.79 Å². The van der Waals surface area contributed by atoms with Gasteiger partial charge in [0.15, 0.2) is 0 Å². The van der Waals surface area contributed by atoms with Crippen LogP contribution in [0.25, 0.3) is 0 Å². The molecular weight excluding hydrogens is 302 g/mol. The van der Waals surface area contributed by atoms with Crippen molar-refractivity contribution < 1.29 is 9.53 Å². The fourth-order valence-electron chi connectivity index (χ4n) is 2.51. The second-order valence-electron chi connectivity index (χ2n) is 5.46. The number of hydrogen-bond acceptors (Lipinski definition) is 4. The van der Waals surface area contributed by atoms with Crippen LogP contribution in [0.1, 0.15) is 35.5 Å². The van der Waals surface area contributed by atoms with Gasteiger partial charge >= 0.3 is 0 Å². The number of anilines is 2. The van der Waals surface area contributed by atoms with Crippen LogP contribution in [0.5, 0.6) is 0 Å². The lowest BCUT2D eigenvalue weighted by atomic mass is 10.0. The fraction of sp³-hybridized carbons (Fsp3) is 0.368. The lowest BCUT2D eigenvalue weighted by Gasteiger charge is -2.14. The van der Waals surface area contributed by atoms with Gasteiger partial charge in [-0.05, 0) is 36.1 Å². The summed E-state index contributed by atoms with van der Waals surface area (Å²) in [5.74, 6) is -0.186. The molecule has 0 radical (unpaired) electrons. The first kappa shape index (κ1) is 17.9. The van der Waals surface area contributed by atoms with Crippen molar-refractivity contribution in [2.45, 2.75) is 26.7 Å². The Morgan fingerprint density at radius 3 is 2.38 bits per heavy atom. The average Bonchev–Trinajstić information content (AvgIpc) is 2.62. The van der Waals surface area contributed by atoms with Gasteiger partial charge in [-0.2, -0.15) is 0 Å². The van der Waals surface area contributed by atoms with E-state index in [0.29, 0.717) is 18.8 Å². The van der Waals surface area contributed by atoms with Crippen molar-refractivity contribution in [1.29, 1.82) is 0 Å². The molecule has 1 aromatic carbocycles. The second-order valence-corrected chi connectivity index (χ2v) is 5.46. The number of aryl methyl sites for hydroxylation is 2. The maximum Gasteiger partial charge on any atom is 0.274 e. The van der Waals surface area contributed by atoms with Crippen molar-refractivity contribution in [2.75, 3.05) is 30.9 Å². The Bertz CT molecular complexity index is 647. The lowest BCUT2D eigenvalue weighted by Crippen LogP contribution is -2.16. The smallest absolute Gasteiger partial charge is 0.274 e. The largest absolute Gasteiger partial charge is 0.383 e. The highest BCUT2D eigenvalue weighted by Gasteiger charge is 2.12. The van der Waals surface area contributed by atoms with Crippen LogP contribution >= 0.6 is 0 Å². The molecule has 0 bridgehead atoms. The minimum atomic E-state index is -0.186. The molecule has 0 aliphatic rings. The third kappa shape index (κ3) is 4.55. The number of carbonyl (C=O) groups excluding carboxylic acids is 1. The van der Waals surface area contributed by atoms with E-state index in [2.05, 4.69) is 29.5 Å². The zero-order chi connectivity index (χ0) is 17.4. The van der Waals surface area contributed by atoms with Crippen molar-refractivity contribution >= 4 is 17.3 Å². The van der Waals surface area contributed by atoms with Crippen molar-refractivity contribution in [3.05, 3.63) is 53.3 Å². The fourth-order valence-corrected chi connectivity index (χ4v) is 2.51. The first-order valence-corrected chi connectivity index (χ1v) is 8.30.